The van der Waals surface area contributed by atoms with Gasteiger partial charge in [-0.3, -0.25) is 4.79 Å². The highest BCUT2D eigenvalue weighted by Crippen LogP contribution is 2.16. The summed E-state index contributed by atoms with van der Waals surface area (Å²) in [6.07, 6.45) is 1.92. The quantitative estimate of drug-likeness (QED) is 0.664. The summed E-state index contributed by atoms with van der Waals surface area (Å²) < 4.78 is 6.86. The lowest BCUT2D eigenvalue weighted by Crippen LogP contribution is -2.15. The molecular formula is C10H15NO2. The molecule has 0 N–H and O–H groups in total. The first-order chi connectivity index (χ1) is 6.16. The molecule has 1 aromatic rings. The minimum atomic E-state index is -0.181. The molecule has 13 heavy (non-hydrogen) atoms. The average molecular weight is 181 g/mol. The number of aryl methyl sites for hydroxylation is 1. The number of ether oxygens (including phenoxy) is 1. The summed E-state index contributed by atoms with van der Waals surface area (Å²) in [4.78, 5) is 11.4. The van der Waals surface area contributed by atoms with E-state index in [1.54, 1.807) is 0 Å². The standard InChI is InChI=1S/C10H15NO2/c1-4-13-10(12)8(2)9-6-5-7-11(9)3/h5-8H,4H2,1-3H3. The normalized spacial score (nSPS) is 12.5. The molecule has 1 rings (SSSR count). The molecular weight excluding hydrogens is 166 g/mol. The molecule has 3 heteroatoms. The largest absolute Gasteiger partial charge is 0.465 e. The Balaban J connectivity index is 2.73. The van der Waals surface area contributed by atoms with Gasteiger partial charge in [-0.25, -0.2) is 0 Å². The number of hydrogen-bond acceptors (Lipinski definition) is 2. The lowest BCUT2D eigenvalue weighted by atomic mass is 10.1. The zero-order chi connectivity index (χ0) is 9.84. The number of carbonyl (C=O) groups is 1. The molecule has 0 saturated carbocycles. The Labute approximate surface area is 78.3 Å². The van der Waals surface area contributed by atoms with Crippen molar-refractivity contribution >= 4 is 5.97 Å². The van der Waals surface area contributed by atoms with Gasteiger partial charge in [0, 0.05) is 18.9 Å². The Morgan fingerprint density at radius 3 is 2.85 bits per heavy atom. The Morgan fingerprint density at radius 2 is 2.38 bits per heavy atom. The number of nitrogens with zero attached hydrogens (tertiary/aromatic N) is 1. The van der Waals surface area contributed by atoms with E-state index in [1.165, 1.54) is 0 Å². The summed E-state index contributed by atoms with van der Waals surface area (Å²) in [6, 6.07) is 3.85. The van der Waals surface area contributed by atoms with Crippen molar-refractivity contribution in [3.63, 3.8) is 0 Å². The second-order valence-corrected chi connectivity index (χ2v) is 3.02. The van der Waals surface area contributed by atoms with Gasteiger partial charge in [0.1, 0.15) is 0 Å². The lowest BCUT2D eigenvalue weighted by Gasteiger charge is -2.11. The van der Waals surface area contributed by atoms with Crippen LogP contribution in [-0.2, 0) is 16.6 Å². The van der Waals surface area contributed by atoms with Gasteiger partial charge in [-0.15, -0.1) is 0 Å². The molecule has 1 unspecified atom stereocenters. The number of hydrogen-bond donors (Lipinski definition) is 0. The second-order valence-electron chi connectivity index (χ2n) is 3.02. The molecule has 0 aliphatic carbocycles. The molecule has 0 amide bonds. The van der Waals surface area contributed by atoms with Crippen molar-refractivity contribution in [2.75, 3.05) is 6.61 Å². The summed E-state index contributed by atoms with van der Waals surface area (Å²) in [6.45, 7) is 4.11. The van der Waals surface area contributed by atoms with Gasteiger partial charge in [-0.2, -0.15) is 0 Å². The summed E-state index contributed by atoms with van der Waals surface area (Å²) in [5, 5.41) is 0. The minimum Gasteiger partial charge on any atom is -0.465 e. The van der Waals surface area contributed by atoms with Gasteiger partial charge in [0.25, 0.3) is 0 Å². The van der Waals surface area contributed by atoms with E-state index in [-0.39, 0.29) is 11.9 Å². The summed E-state index contributed by atoms with van der Waals surface area (Å²) in [5.41, 5.74) is 0.985. The van der Waals surface area contributed by atoms with Gasteiger partial charge in [0.15, 0.2) is 0 Å². The maximum atomic E-state index is 11.4. The molecule has 72 valence electrons. The number of rotatable bonds is 3. The first-order valence-corrected chi connectivity index (χ1v) is 4.44. The van der Waals surface area contributed by atoms with Crippen LogP contribution in [0.1, 0.15) is 25.5 Å². The molecule has 0 saturated heterocycles. The highest BCUT2D eigenvalue weighted by molar-refractivity contribution is 5.77. The highest BCUT2D eigenvalue weighted by Gasteiger charge is 2.17. The molecule has 3 nitrogen and oxygen atoms in total. The van der Waals surface area contributed by atoms with Crippen LogP contribution in [0.4, 0.5) is 0 Å². The fraction of sp³-hybridized carbons (Fsp3) is 0.500. The van der Waals surface area contributed by atoms with E-state index in [9.17, 15) is 4.79 Å². The van der Waals surface area contributed by atoms with E-state index in [1.807, 2.05) is 43.8 Å². The van der Waals surface area contributed by atoms with Crippen molar-refractivity contribution in [1.82, 2.24) is 4.57 Å². The molecule has 1 aromatic heterocycles. The van der Waals surface area contributed by atoms with Crippen molar-refractivity contribution in [1.29, 1.82) is 0 Å². The monoisotopic (exact) mass is 181 g/mol. The first-order valence-electron chi connectivity index (χ1n) is 4.44. The fourth-order valence-corrected chi connectivity index (χ4v) is 1.31. The van der Waals surface area contributed by atoms with E-state index in [0.717, 1.165) is 5.69 Å². The third-order valence-electron chi connectivity index (χ3n) is 2.07. The Hall–Kier alpha value is -1.25. The number of carbonyl (C=O) groups excluding carboxylic acids is 1. The summed E-state index contributed by atoms with van der Waals surface area (Å²) in [7, 11) is 1.92. The molecule has 0 spiro atoms. The van der Waals surface area contributed by atoms with E-state index in [4.69, 9.17) is 4.74 Å². The van der Waals surface area contributed by atoms with Crippen molar-refractivity contribution in [3.8, 4) is 0 Å². The van der Waals surface area contributed by atoms with Crippen LogP contribution in [0.2, 0.25) is 0 Å². The van der Waals surface area contributed by atoms with Gasteiger partial charge in [0.05, 0.1) is 12.5 Å². The predicted molar refractivity (Wildman–Crippen MR) is 50.5 cm³/mol. The zero-order valence-electron chi connectivity index (χ0n) is 8.28. The van der Waals surface area contributed by atoms with Crippen LogP contribution in [0.25, 0.3) is 0 Å². The third kappa shape index (κ3) is 2.11. The van der Waals surface area contributed by atoms with Gasteiger partial charge in [0.2, 0.25) is 0 Å². The molecule has 1 heterocycles. The minimum absolute atomic E-state index is 0.163. The maximum absolute atomic E-state index is 11.4. The molecule has 0 aromatic carbocycles. The van der Waals surface area contributed by atoms with Crippen LogP contribution in [0, 0.1) is 0 Å². The van der Waals surface area contributed by atoms with Crippen LogP contribution in [0.5, 0.6) is 0 Å². The van der Waals surface area contributed by atoms with Crippen LogP contribution < -0.4 is 0 Å². The van der Waals surface area contributed by atoms with Crippen LogP contribution in [-0.4, -0.2) is 17.1 Å². The van der Waals surface area contributed by atoms with Gasteiger partial charge < -0.3 is 9.30 Å². The second kappa shape index (κ2) is 4.12. The average Bonchev–Trinajstić information content (AvgIpc) is 2.50. The van der Waals surface area contributed by atoms with Crippen LogP contribution in [0.15, 0.2) is 18.3 Å². The molecule has 0 fully saturated rings. The van der Waals surface area contributed by atoms with Crippen molar-refractivity contribution in [2.24, 2.45) is 7.05 Å². The molecule has 0 radical (unpaired) electrons. The Kier molecular flexibility index (Phi) is 3.12. The van der Waals surface area contributed by atoms with Crippen LogP contribution in [0.3, 0.4) is 0 Å². The van der Waals surface area contributed by atoms with Crippen molar-refractivity contribution in [3.05, 3.63) is 24.0 Å². The molecule has 1 atom stereocenters. The molecule has 0 bridgehead atoms. The Bertz CT molecular complexity index is 291. The highest BCUT2D eigenvalue weighted by atomic mass is 16.5. The smallest absolute Gasteiger partial charge is 0.314 e. The predicted octanol–water partition coefficient (Wildman–Crippen LogP) is 1.69. The fourth-order valence-electron chi connectivity index (χ4n) is 1.31. The van der Waals surface area contributed by atoms with Gasteiger partial charge in [-0.1, -0.05) is 0 Å². The lowest BCUT2D eigenvalue weighted by molar-refractivity contribution is -0.144. The van der Waals surface area contributed by atoms with Crippen LogP contribution >= 0.6 is 0 Å². The van der Waals surface area contributed by atoms with Crippen molar-refractivity contribution < 1.29 is 9.53 Å². The van der Waals surface area contributed by atoms with Gasteiger partial charge in [-0.05, 0) is 26.0 Å². The molecule has 0 aliphatic heterocycles. The number of esters is 1. The molecule has 0 aliphatic rings. The summed E-state index contributed by atoms with van der Waals surface area (Å²) in [5.74, 6) is -0.343. The van der Waals surface area contributed by atoms with Crippen molar-refractivity contribution in [2.45, 2.75) is 19.8 Å². The van der Waals surface area contributed by atoms with E-state index < -0.39 is 0 Å². The summed E-state index contributed by atoms with van der Waals surface area (Å²) >= 11 is 0. The van der Waals surface area contributed by atoms with Gasteiger partial charge >= 0.3 is 5.97 Å². The zero-order valence-corrected chi connectivity index (χ0v) is 8.28. The first kappa shape index (κ1) is 9.84. The van der Waals surface area contributed by atoms with E-state index in [0.29, 0.717) is 6.61 Å². The number of aromatic nitrogens is 1. The third-order valence-corrected chi connectivity index (χ3v) is 2.07. The topological polar surface area (TPSA) is 31.2 Å². The SMILES string of the molecule is CCOC(=O)C(C)c1cccn1C. The van der Waals surface area contributed by atoms with E-state index >= 15 is 0 Å². The Morgan fingerprint density at radius 1 is 1.69 bits per heavy atom. The maximum Gasteiger partial charge on any atom is 0.314 e. The van der Waals surface area contributed by atoms with E-state index in [2.05, 4.69) is 0 Å².